The summed E-state index contributed by atoms with van der Waals surface area (Å²) in [5.74, 6) is 0.608. The second kappa shape index (κ2) is 8.67. The van der Waals surface area contributed by atoms with Crippen LogP contribution < -0.4 is 4.74 Å². The van der Waals surface area contributed by atoms with Crippen molar-refractivity contribution in [2.75, 3.05) is 13.2 Å². The summed E-state index contributed by atoms with van der Waals surface area (Å²) in [6, 6.07) is 3.99. The molecular formula is C17H26O4. The number of aryl methyl sites for hydroxylation is 2. The van der Waals surface area contributed by atoms with Crippen LogP contribution in [0.2, 0.25) is 0 Å². The number of rotatable bonds is 8. The van der Waals surface area contributed by atoms with Crippen LogP contribution in [0, 0.1) is 13.8 Å². The summed E-state index contributed by atoms with van der Waals surface area (Å²) in [6.45, 7) is 11.2. The molecule has 4 heteroatoms. The Morgan fingerprint density at radius 2 is 1.71 bits per heavy atom. The molecule has 0 fully saturated rings. The van der Waals surface area contributed by atoms with Crippen LogP contribution in [0.4, 0.5) is 0 Å². The third-order valence-corrected chi connectivity index (χ3v) is 3.19. The average Bonchev–Trinajstić information content (AvgIpc) is 2.46. The van der Waals surface area contributed by atoms with Gasteiger partial charge in [-0.2, -0.15) is 0 Å². The van der Waals surface area contributed by atoms with Gasteiger partial charge in [0.05, 0.1) is 6.61 Å². The molecule has 0 saturated carbocycles. The summed E-state index contributed by atoms with van der Waals surface area (Å²) in [5.41, 5.74) is 3.08. The first-order valence-electron chi connectivity index (χ1n) is 7.54. The molecule has 1 rings (SSSR count). The first-order valence-corrected chi connectivity index (χ1v) is 7.54. The van der Waals surface area contributed by atoms with Crippen LogP contribution in [0.1, 0.15) is 43.9 Å². The molecule has 1 aromatic rings. The van der Waals surface area contributed by atoms with Gasteiger partial charge in [-0.1, -0.05) is 6.92 Å². The van der Waals surface area contributed by atoms with Crippen molar-refractivity contribution < 1.29 is 19.0 Å². The molecule has 0 radical (unpaired) electrons. The predicted molar refractivity (Wildman–Crippen MR) is 82.6 cm³/mol. The highest BCUT2D eigenvalue weighted by molar-refractivity contribution is 5.74. The Morgan fingerprint density at radius 1 is 1.10 bits per heavy atom. The van der Waals surface area contributed by atoms with Crippen LogP contribution >= 0.6 is 0 Å². The summed E-state index contributed by atoms with van der Waals surface area (Å²) < 4.78 is 16.3. The molecule has 0 aliphatic carbocycles. The minimum absolute atomic E-state index is 0.260. The molecule has 0 saturated heterocycles. The number of hydrogen-bond donors (Lipinski definition) is 0. The zero-order chi connectivity index (χ0) is 15.8. The van der Waals surface area contributed by atoms with Gasteiger partial charge in [0.25, 0.3) is 0 Å². The second-order valence-corrected chi connectivity index (χ2v) is 4.95. The van der Waals surface area contributed by atoms with E-state index in [-0.39, 0.29) is 12.6 Å². The van der Waals surface area contributed by atoms with Gasteiger partial charge in [0.1, 0.15) is 12.4 Å². The Morgan fingerprint density at radius 3 is 2.19 bits per heavy atom. The number of esters is 1. The van der Waals surface area contributed by atoms with Crippen molar-refractivity contribution in [2.24, 2.45) is 0 Å². The third-order valence-electron chi connectivity index (χ3n) is 3.19. The van der Waals surface area contributed by atoms with Crippen molar-refractivity contribution in [1.29, 1.82) is 0 Å². The summed E-state index contributed by atoms with van der Waals surface area (Å²) in [6.07, 6.45) is 0.147. The molecule has 0 spiro atoms. The molecule has 0 aliphatic heterocycles. The topological polar surface area (TPSA) is 44.8 Å². The Bertz CT molecular complexity index is 445. The fourth-order valence-electron chi connectivity index (χ4n) is 2.30. The maximum atomic E-state index is 11.9. The van der Waals surface area contributed by atoms with Crippen LogP contribution in [0.25, 0.3) is 0 Å². The summed E-state index contributed by atoms with van der Waals surface area (Å²) in [5, 5.41) is 0. The zero-order valence-corrected chi connectivity index (χ0v) is 13.7. The standard InChI is InChI=1S/C17H26O4/c1-6-15(19-7-2)17(18)21-11-14-9-12(4)16(20-8-3)13(5)10-14/h9-10,15H,6-8,11H2,1-5H3. The fourth-order valence-corrected chi connectivity index (χ4v) is 2.30. The van der Waals surface area contributed by atoms with Crippen LogP contribution in [-0.4, -0.2) is 25.3 Å². The highest BCUT2D eigenvalue weighted by Gasteiger charge is 2.18. The van der Waals surface area contributed by atoms with Crippen molar-refractivity contribution in [3.8, 4) is 5.75 Å². The monoisotopic (exact) mass is 294 g/mol. The van der Waals surface area contributed by atoms with Crippen LogP contribution in [0.5, 0.6) is 5.75 Å². The maximum Gasteiger partial charge on any atom is 0.335 e. The van der Waals surface area contributed by atoms with Gasteiger partial charge in [-0.05, 0) is 62.9 Å². The van der Waals surface area contributed by atoms with Crippen molar-refractivity contribution in [3.05, 3.63) is 28.8 Å². The van der Waals surface area contributed by atoms with Gasteiger partial charge in [-0.3, -0.25) is 0 Å². The average molecular weight is 294 g/mol. The Kier molecular flexibility index (Phi) is 7.23. The highest BCUT2D eigenvalue weighted by Crippen LogP contribution is 2.25. The Hall–Kier alpha value is -1.55. The molecule has 4 nitrogen and oxygen atoms in total. The zero-order valence-electron chi connectivity index (χ0n) is 13.7. The van der Waals surface area contributed by atoms with Gasteiger partial charge in [0.2, 0.25) is 0 Å². The molecule has 1 unspecified atom stereocenters. The van der Waals surface area contributed by atoms with Crippen LogP contribution in [0.3, 0.4) is 0 Å². The summed E-state index contributed by atoms with van der Waals surface area (Å²) >= 11 is 0. The van der Waals surface area contributed by atoms with Gasteiger partial charge >= 0.3 is 5.97 Å². The normalized spacial score (nSPS) is 12.0. The second-order valence-electron chi connectivity index (χ2n) is 4.95. The van der Waals surface area contributed by atoms with Crippen molar-refractivity contribution in [2.45, 2.75) is 53.8 Å². The van der Waals surface area contributed by atoms with E-state index < -0.39 is 6.10 Å². The molecule has 118 valence electrons. The minimum atomic E-state index is -0.472. The summed E-state index contributed by atoms with van der Waals surface area (Å²) in [4.78, 5) is 11.9. The predicted octanol–water partition coefficient (Wildman–Crippen LogP) is 3.56. The van der Waals surface area contributed by atoms with E-state index >= 15 is 0 Å². The van der Waals surface area contributed by atoms with E-state index in [0.29, 0.717) is 19.6 Å². The molecule has 0 amide bonds. The number of carbonyl (C=O) groups excluding carboxylic acids is 1. The quantitative estimate of drug-likeness (QED) is 0.688. The lowest BCUT2D eigenvalue weighted by molar-refractivity contribution is -0.158. The lowest BCUT2D eigenvalue weighted by Crippen LogP contribution is -2.25. The van der Waals surface area contributed by atoms with Gasteiger partial charge in [-0.25, -0.2) is 4.79 Å². The van der Waals surface area contributed by atoms with Gasteiger partial charge < -0.3 is 14.2 Å². The van der Waals surface area contributed by atoms with E-state index in [1.807, 2.05) is 46.8 Å². The van der Waals surface area contributed by atoms with E-state index in [1.165, 1.54) is 0 Å². The summed E-state index contributed by atoms with van der Waals surface area (Å²) in [7, 11) is 0. The molecular weight excluding hydrogens is 268 g/mol. The van der Waals surface area contributed by atoms with Crippen LogP contribution in [0.15, 0.2) is 12.1 Å². The van der Waals surface area contributed by atoms with E-state index in [9.17, 15) is 4.79 Å². The minimum Gasteiger partial charge on any atom is -0.493 e. The molecule has 0 bridgehead atoms. The fraction of sp³-hybridized carbons (Fsp3) is 0.588. The van der Waals surface area contributed by atoms with Crippen molar-refractivity contribution >= 4 is 5.97 Å². The smallest absolute Gasteiger partial charge is 0.335 e. The molecule has 0 aliphatic rings. The molecule has 1 atom stereocenters. The molecule has 0 aromatic heterocycles. The maximum absolute atomic E-state index is 11.9. The van der Waals surface area contributed by atoms with E-state index in [4.69, 9.17) is 14.2 Å². The Balaban J connectivity index is 2.69. The number of ether oxygens (including phenoxy) is 3. The largest absolute Gasteiger partial charge is 0.493 e. The lowest BCUT2D eigenvalue weighted by Gasteiger charge is -2.16. The third kappa shape index (κ3) is 5.05. The van der Waals surface area contributed by atoms with E-state index in [0.717, 1.165) is 22.4 Å². The van der Waals surface area contributed by atoms with Gasteiger partial charge in [0.15, 0.2) is 6.10 Å². The highest BCUT2D eigenvalue weighted by atomic mass is 16.6. The number of benzene rings is 1. The van der Waals surface area contributed by atoms with Gasteiger partial charge in [-0.15, -0.1) is 0 Å². The van der Waals surface area contributed by atoms with Crippen molar-refractivity contribution in [1.82, 2.24) is 0 Å². The van der Waals surface area contributed by atoms with Gasteiger partial charge in [0, 0.05) is 6.61 Å². The molecule has 0 N–H and O–H groups in total. The van der Waals surface area contributed by atoms with E-state index in [2.05, 4.69) is 0 Å². The Labute approximate surface area is 127 Å². The molecule has 21 heavy (non-hydrogen) atoms. The number of carbonyl (C=O) groups is 1. The van der Waals surface area contributed by atoms with Crippen LogP contribution in [-0.2, 0) is 20.9 Å². The first-order chi connectivity index (χ1) is 10.0. The molecule has 1 aromatic carbocycles. The lowest BCUT2D eigenvalue weighted by atomic mass is 10.1. The van der Waals surface area contributed by atoms with E-state index in [1.54, 1.807) is 0 Å². The van der Waals surface area contributed by atoms with Crippen molar-refractivity contribution in [3.63, 3.8) is 0 Å². The first kappa shape index (κ1) is 17.5. The number of hydrogen-bond acceptors (Lipinski definition) is 4. The SMILES string of the molecule is CCOc1c(C)cc(COC(=O)C(CC)OCC)cc1C. The molecule has 0 heterocycles.